The molecule has 0 radical (unpaired) electrons. The molecule has 0 saturated heterocycles. The Morgan fingerprint density at radius 2 is 1.72 bits per heavy atom. The molecule has 0 amide bonds. The first-order valence-electron chi connectivity index (χ1n) is 8.18. The molecule has 0 aromatic heterocycles. The van der Waals surface area contributed by atoms with Gasteiger partial charge in [0.2, 0.25) is 0 Å². The summed E-state index contributed by atoms with van der Waals surface area (Å²) in [7, 11) is 2.15. The van der Waals surface area contributed by atoms with E-state index < -0.39 is 0 Å². The number of nitrogens with one attached hydrogen (secondary N) is 1. The molecule has 0 heterocycles. The fraction of sp³-hybridized carbons (Fsp3) is 1.00. The van der Waals surface area contributed by atoms with Gasteiger partial charge in [0.15, 0.2) is 0 Å². The lowest BCUT2D eigenvalue weighted by molar-refractivity contribution is 0.132. The molecule has 1 aliphatic rings. The minimum absolute atomic E-state index is 0.710. The third-order valence-corrected chi connectivity index (χ3v) is 4.87. The first-order valence-corrected chi connectivity index (χ1v) is 8.18. The van der Waals surface area contributed by atoms with Crippen LogP contribution in [0.3, 0.4) is 0 Å². The Balaban J connectivity index is 2.64. The van der Waals surface area contributed by atoms with Crippen molar-refractivity contribution in [3.63, 3.8) is 0 Å². The minimum Gasteiger partial charge on any atom is -0.315 e. The van der Waals surface area contributed by atoms with Crippen molar-refractivity contribution in [2.24, 2.45) is 5.92 Å². The Labute approximate surface area is 115 Å². The molecule has 2 heteroatoms. The standard InChI is InChI=1S/C16H34N2/c1-5-14(6-2)13-18(7-3)16-12-10-8-9-11-15(16)17-4/h14-17H,5-13H2,1-4H3. The molecule has 2 atom stereocenters. The first-order chi connectivity index (χ1) is 8.76. The number of rotatable bonds is 7. The normalized spacial score (nSPS) is 25.7. The van der Waals surface area contributed by atoms with Gasteiger partial charge in [0.25, 0.3) is 0 Å². The Morgan fingerprint density at radius 3 is 2.28 bits per heavy atom. The molecule has 1 rings (SSSR count). The molecule has 108 valence electrons. The molecule has 0 aliphatic heterocycles. The highest BCUT2D eigenvalue weighted by atomic mass is 15.2. The van der Waals surface area contributed by atoms with Gasteiger partial charge in [-0.05, 0) is 32.4 Å². The maximum absolute atomic E-state index is 3.58. The third-order valence-electron chi connectivity index (χ3n) is 4.87. The zero-order valence-corrected chi connectivity index (χ0v) is 13.0. The highest BCUT2D eigenvalue weighted by molar-refractivity contribution is 4.86. The lowest BCUT2D eigenvalue weighted by Gasteiger charge is -2.37. The molecule has 1 aliphatic carbocycles. The van der Waals surface area contributed by atoms with E-state index in [1.165, 1.54) is 58.0 Å². The second-order valence-corrected chi connectivity index (χ2v) is 5.87. The van der Waals surface area contributed by atoms with E-state index in [-0.39, 0.29) is 0 Å². The van der Waals surface area contributed by atoms with Crippen molar-refractivity contribution in [2.45, 2.75) is 77.8 Å². The van der Waals surface area contributed by atoms with Crippen molar-refractivity contribution in [1.82, 2.24) is 10.2 Å². The van der Waals surface area contributed by atoms with Crippen LogP contribution in [0.25, 0.3) is 0 Å². The quantitative estimate of drug-likeness (QED) is 0.697. The van der Waals surface area contributed by atoms with Crippen LogP contribution < -0.4 is 5.32 Å². The van der Waals surface area contributed by atoms with Crippen LogP contribution in [-0.4, -0.2) is 37.1 Å². The molecule has 18 heavy (non-hydrogen) atoms. The van der Waals surface area contributed by atoms with Crippen LogP contribution in [0, 0.1) is 5.92 Å². The third kappa shape index (κ3) is 4.55. The molecule has 1 N–H and O–H groups in total. The SMILES string of the molecule is CCC(CC)CN(CC)C1CCCCCC1NC. The van der Waals surface area contributed by atoms with Gasteiger partial charge in [-0.2, -0.15) is 0 Å². The largest absolute Gasteiger partial charge is 0.315 e. The molecular formula is C16H34N2. The van der Waals surface area contributed by atoms with Crippen LogP contribution in [-0.2, 0) is 0 Å². The maximum Gasteiger partial charge on any atom is 0.0249 e. The minimum atomic E-state index is 0.710. The van der Waals surface area contributed by atoms with Crippen LogP contribution in [0.5, 0.6) is 0 Å². The van der Waals surface area contributed by atoms with Gasteiger partial charge in [0.1, 0.15) is 0 Å². The van der Waals surface area contributed by atoms with E-state index in [0.717, 1.165) is 12.0 Å². The average molecular weight is 254 g/mol. The molecule has 2 nitrogen and oxygen atoms in total. The molecule has 2 unspecified atom stereocenters. The molecule has 1 fully saturated rings. The second kappa shape index (κ2) is 8.92. The van der Waals surface area contributed by atoms with Crippen molar-refractivity contribution in [2.75, 3.05) is 20.1 Å². The summed E-state index contributed by atoms with van der Waals surface area (Å²) in [4.78, 5) is 2.75. The number of nitrogens with zero attached hydrogens (tertiary/aromatic N) is 1. The zero-order valence-electron chi connectivity index (χ0n) is 13.0. The molecule has 1 saturated carbocycles. The lowest BCUT2D eigenvalue weighted by Crippen LogP contribution is -2.49. The van der Waals surface area contributed by atoms with Crippen molar-refractivity contribution in [3.05, 3.63) is 0 Å². The van der Waals surface area contributed by atoms with Gasteiger partial charge in [-0.3, -0.25) is 4.90 Å². The summed E-state index contributed by atoms with van der Waals surface area (Å²) in [6.07, 6.45) is 9.65. The van der Waals surface area contributed by atoms with E-state index in [4.69, 9.17) is 0 Å². The Kier molecular flexibility index (Phi) is 7.92. The molecular weight excluding hydrogens is 220 g/mol. The second-order valence-electron chi connectivity index (χ2n) is 5.87. The molecule has 0 aromatic rings. The highest BCUT2D eigenvalue weighted by Gasteiger charge is 2.27. The molecule has 0 bridgehead atoms. The van der Waals surface area contributed by atoms with Crippen LogP contribution in [0.2, 0.25) is 0 Å². The van der Waals surface area contributed by atoms with Crippen LogP contribution in [0.4, 0.5) is 0 Å². The Bertz CT molecular complexity index is 201. The van der Waals surface area contributed by atoms with Crippen molar-refractivity contribution >= 4 is 0 Å². The average Bonchev–Trinajstić information content (AvgIpc) is 2.65. The van der Waals surface area contributed by atoms with Crippen molar-refractivity contribution in [3.8, 4) is 0 Å². The van der Waals surface area contributed by atoms with E-state index in [9.17, 15) is 0 Å². The summed E-state index contributed by atoms with van der Waals surface area (Å²) in [5.41, 5.74) is 0. The predicted molar refractivity (Wildman–Crippen MR) is 81.0 cm³/mol. The van der Waals surface area contributed by atoms with E-state index in [2.05, 4.69) is 38.0 Å². The van der Waals surface area contributed by atoms with Gasteiger partial charge in [-0.25, -0.2) is 0 Å². The van der Waals surface area contributed by atoms with Gasteiger partial charge >= 0.3 is 0 Å². The van der Waals surface area contributed by atoms with Gasteiger partial charge in [0, 0.05) is 18.6 Å². The van der Waals surface area contributed by atoms with E-state index in [1.54, 1.807) is 0 Å². The predicted octanol–water partition coefficient (Wildman–Crippen LogP) is 3.67. The van der Waals surface area contributed by atoms with Gasteiger partial charge in [-0.1, -0.05) is 52.9 Å². The van der Waals surface area contributed by atoms with Crippen molar-refractivity contribution < 1.29 is 0 Å². The number of hydrogen-bond acceptors (Lipinski definition) is 2. The fourth-order valence-electron chi connectivity index (χ4n) is 3.44. The van der Waals surface area contributed by atoms with Crippen LogP contribution in [0.15, 0.2) is 0 Å². The number of likely N-dealkylation sites (N-methyl/N-ethyl adjacent to an activating group) is 2. The summed E-state index contributed by atoms with van der Waals surface area (Å²) in [6.45, 7) is 9.51. The lowest BCUT2D eigenvalue weighted by atomic mass is 9.97. The topological polar surface area (TPSA) is 15.3 Å². The van der Waals surface area contributed by atoms with E-state index in [1.807, 2.05) is 0 Å². The molecule has 0 aromatic carbocycles. The van der Waals surface area contributed by atoms with Gasteiger partial charge in [-0.15, -0.1) is 0 Å². The summed E-state index contributed by atoms with van der Waals surface area (Å²) < 4.78 is 0. The van der Waals surface area contributed by atoms with E-state index >= 15 is 0 Å². The smallest absolute Gasteiger partial charge is 0.0249 e. The summed E-state index contributed by atoms with van der Waals surface area (Å²) in [6, 6.07) is 1.48. The zero-order chi connectivity index (χ0) is 13.4. The van der Waals surface area contributed by atoms with E-state index in [0.29, 0.717) is 6.04 Å². The maximum atomic E-state index is 3.58. The van der Waals surface area contributed by atoms with Crippen LogP contribution in [0.1, 0.15) is 65.7 Å². The highest BCUT2D eigenvalue weighted by Crippen LogP contribution is 2.24. The Hall–Kier alpha value is -0.0800. The van der Waals surface area contributed by atoms with Crippen LogP contribution >= 0.6 is 0 Å². The van der Waals surface area contributed by atoms with Crippen molar-refractivity contribution in [1.29, 1.82) is 0 Å². The Morgan fingerprint density at radius 1 is 1.06 bits per heavy atom. The first kappa shape index (κ1) is 16.0. The van der Waals surface area contributed by atoms with Gasteiger partial charge < -0.3 is 5.32 Å². The molecule has 0 spiro atoms. The fourth-order valence-corrected chi connectivity index (χ4v) is 3.44. The summed E-state index contributed by atoms with van der Waals surface area (Å²) in [5, 5.41) is 3.58. The van der Waals surface area contributed by atoms with Gasteiger partial charge in [0.05, 0.1) is 0 Å². The monoisotopic (exact) mass is 254 g/mol. The number of hydrogen-bond donors (Lipinski definition) is 1. The summed E-state index contributed by atoms with van der Waals surface area (Å²) >= 11 is 0. The summed E-state index contributed by atoms with van der Waals surface area (Å²) in [5.74, 6) is 0.880.